The number of amides is 1. The summed E-state index contributed by atoms with van der Waals surface area (Å²) >= 11 is 0. The first-order valence-corrected chi connectivity index (χ1v) is 13.2. The van der Waals surface area contributed by atoms with Crippen molar-refractivity contribution in [2.75, 3.05) is 32.8 Å². The van der Waals surface area contributed by atoms with Crippen LogP contribution in [-0.4, -0.2) is 43.7 Å². The maximum Gasteiger partial charge on any atom is 0.228 e. The normalized spacial score (nSPS) is 22.9. The molecule has 1 amide bonds. The van der Waals surface area contributed by atoms with Crippen molar-refractivity contribution in [1.82, 2.24) is 10.2 Å². The van der Waals surface area contributed by atoms with Crippen LogP contribution in [0.15, 0.2) is 85.0 Å². The van der Waals surface area contributed by atoms with Gasteiger partial charge in [0.25, 0.3) is 0 Å². The molecule has 4 heteroatoms. The van der Waals surface area contributed by atoms with Crippen LogP contribution in [0.1, 0.15) is 43.5 Å². The average Bonchev–Trinajstić information content (AvgIpc) is 3.39. The van der Waals surface area contributed by atoms with E-state index in [1.54, 1.807) is 0 Å². The molecule has 2 aromatic carbocycles. The predicted molar refractivity (Wildman–Crippen MR) is 148 cm³/mol. The molecule has 4 rings (SSSR count). The minimum absolute atomic E-state index is 0.0450. The highest BCUT2D eigenvalue weighted by Crippen LogP contribution is 2.36. The van der Waals surface area contributed by atoms with Crippen LogP contribution >= 0.6 is 0 Å². The molecule has 4 nitrogen and oxygen atoms in total. The van der Waals surface area contributed by atoms with Crippen molar-refractivity contribution in [3.05, 3.63) is 102 Å². The van der Waals surface area contributed by atoms with Gasteiger partial charge >= 0.3 is 0 Å². The zero-order chi connectivity index (χ0) is 25.5. The van der Waals surface area contributed by atoms with E-state index in [1.807, 2.05) is 36.1 Å². The molecule has 3 atom stereocenters. The van der Waals surface area contributed by atoms with E-state index in [0.717, 1.165) is 35.2 Å². The first-order valence-electron chi connectivity index (χ1n) is 13.2. The number of ether oxygens (including phenoxy) is 1. The molecule has 0 aliphatic carbocycles. The van der Waals surface area contributed by atoms with Crippen LogP contribution in [0.5, 0.6) is 0 Å². The Kier molecular flexibility index (Phi) is 8.95. The first-order chi connectivity index (χ1) is 17.5. The van der Waals surface area contributed by atoms with Crippen LogP contribution in [0, 0.1) is 17.8 Å². The lowest BCUT2D eigenvalue weighted by molar-refractivity contribution is -0.144. The number of allylic oxidation sites excluding steroid dienone is 4. The van der Waals surface area contributed by atoms with E-state index in [1.165, 1.54) is 5.56 Å². The minimum atomic E-state index is -0.143. The van der Waals surface area contributed by atoms with Gasteiger partial charge in [-0.2, -0.15) is 0 Å². The quantitative estimate of drug-likeness (QED) is 0.479. The Balaban J connectivity index is 1.57. The van der Waals surface area contributed by atoms with Crippen LogP contribution in [0.25, 0.3) is 5.57 Å². The van der Waals surface area contributed by atoms with Gasteiger partial charge in [0.15, 0.2) is 0 Å². The lowest BCUT2D eigenvalue weighted by atomic mass is 9.81. The van der Waals surface area contributed by atoms with Crippen molar-refractivity contribution in [2.45, 2.75) is 33.2 Å². The highest BCUT2D eigenvalue weighted by molar-refractivity contribution is 5.85. The number of carbonyl (C=O) groups is 1. The van der Waals surface area contributed by atoms with Crippen molar-refractivity contribution in [1.29, 1.82) is 0 Å². The highest BCUT2D eigenvalue weighted by atomic mass is 16.5. The molecule has 36 heavy (non-hydrogen) atoms. The van der Waals surface area contributed by atoms with Gasteiger partial charge in [0.2, 0.25) is 5.91 Å². The topological polar surface area (TPSA) is 41.6 Å². The summed E-state index contributed by atoms with van der Waals surface area (Å²) in [7, 11) is 0. The van der Waals surface area contributed by atoms with E-state index in [0.29, 0.717) is 32.2 Å². The number of hydrogen-bond acceptors (Lipinski definition) is 3. The summed E-state index contributed by atoms with van der Waals surface area (Å²) in [4.78, 5) is 16.0. The first kappa shape index (κ1) is 26.1. The lowest BCUT2D eigenvalue weighted by Gasteiger charge is -2.38. The number of hydrogen-bond donors (Lipinski definition) is 1. The van der Waals surface area contributed by atoms with Crippen LogP contribution in [-0.2, 0) is 16.0 Å². The maximum atomic E-state index is 14.0. The second-order valence-corrected chi connectivity index (χ2v) is 10.3. The summed E-state index contributed by atoms with van der Waals surface area (Å²) in [5.74, 6) is 0.723. The Hall–Kier alpha value is -2.95. The number of benzene rings is 2. The molecule has 2 fully saturated rings. The van der Waals surface area contributed by atoms with Crippen molar-refractivity contribution in [2.24, 2.45) is 17.8 Å². The molecule has 2 unspecified atom stereocenters. The van der Waals surface area contributed by atoms with Gasteiger partial charge in [-0.1, -0.05) is 93.3 Å². The molecule has 0 bridgehead atoms. The Morgan fingerprint density at radius 1 is 1.11 bits per heavy atom. The Labute approximate surface area is 216 Å². The molecule has 2 aliphatic rings. The van der Waals surface area contributed by atoms with Crippen molar-refractivity contribution >= 4 is 11.5 Å². The van der Waals surface area contributed by atoms with E-state index >= 15 is 0 Å². The molecule has 2 heterocycles. The van der Waals surface area contributed by atoms with Gasteiger partial charge in [-0.25, -0.2) is 0 Å². The Bertz CT molecular complexity index is 1080. The molecule has 0 aromatic heterocycles. The third kappa shape index (κ3) is 6.05. The zero-order valence-corrected chi connectivity index (χ0v) is 22.0. The van der Waals surface area contributed by atoms with Crippen LogP contribution in [0.2, 0.25) is 0 Å². The fourth-order valence-corrected chi connectivity index (χ4v) is 5.41. The number of morpholine rings is 1. The van der Waals surface area contributed by atoms with Gasteiger partial charge in [-0.15, -0.1) is 0 Å². The SMILES string of the molecule is C=C(/C(=C\C=C/C)c1ccc(CC(C)C)cc1)C1CNC[C@H]1C(=O)N1CCOCC1c1ccccc1. The van der Waals surface area contributed by atoms with Gasteiger partial charge < -0.3 is 15.0 Å². The highest BCUT2D eigenvalue weighted by Gasteiger charge is 2.40. The van der Waals surface area contributed by atoms with Crippen LogP contribution in [0.4, 0.5) is 0 Å². The smallest absolute Gasteiger partial charge is 0.228 e. The molecule has 0 radical (unpaired) electrons. The summed E-state index contributed by atoms with van der Waals surface area (Å²) in [6.07, 6.45) is 7.31. The second kappa shape index (κ2) is 12.3. The third-order valence-electron chi connectivity index (χ3n) is 7.29. The summed E-state index contributed by atoms with van der Waals surface area (Å²) in [6.45, 7) is 14.2. The fourth-order valence-electron chi connectivity index (χ4n) is 5.41. The third-order valence-corrected chi connectivity index (χ3v) is 7.29. The molecular formula is C32H40N2O2. The molecule has 0 saturated carbocycles. The lowest BCUT2D eigenvalue weighted by Crippen LogP contribution is -2.47. The predicted octanol–water partition coefficient (Wildman–Crippen LogP) is 5.84. The summed E-state index contributed by atoms with van der Waals surface area (Å²) in [5.41, 5.74) is 5.76. The monoisotopic (exact) mass is 484 g/mol. The fraction of sp³-hybridized carbons (Fsp3) is 0.406. The number of carbonyl (C=O) groups excluding carboxylic acids is 1. The number of nitrogens with zero attached hydrogens (tertiary/aromatic N) is 1. The number of nitrogens with one attached hydrogen (secondary N) is 1. The van der Waals surface area contributed by atoms with E-state index in [2.05, 4.69) is 74.3 Å². The molecule has 2 aromatic rings. The van der Waals surface area contributed by atoms with Gasteiger partial charge in [0.05, 0.1) is 25.2 Å². The summed E-state index contributed by atoms with van der Waals surface area (Å²) < 4.78 is 5.78. The molecule has 190 valence electrons. The van der Waals surface area contributed by atoms with Gasteiger partial charge in [0, 0.05) is 25.6 Å². The molecule has 2 aliphatic heterocycles. The maximum absolute atomic E-state index is 14.0. The van der Waals surface area contributed by atoms with E-state index in [4.69, 9.17) is 4.74 Å². The molecule has 2 saturated heterocycles. The summed E-state index contributed by atoms with van der Waals surface area (Å²) in [6, 6.07) is 19.0. The Morgan fingerprint density at radius 2 is 1.83 bits per heavy atom. The van der Waals surface area contributed by atoms with Gasteiger partial charge in [-0.05, 0) is 47.1 Å². The molecule has 0 spiro atoms. The minimum Gasteiger partial charge on any atom is -0.377 e. The van der Waals surface area contributed by atoms with E-state index < -0.39 is 0 Å². The van der Waals surface area contributed by atoms with Crippen molar-refractivity contribution < 1.29 is 9.53 Å². The second-order valence-electron chi connectivity index (χ2n) is 10.3. The Morgan fingerprint density at radius 3 is 2.53 bits per heavy atom. The van der Waals surface area contributed by atoms with E-state index in [9.17, 15) is 4.79 Å². The van der Waals surface area contributed by atoms with Gasteiger partial charge in [-0.3, -0.25) is 4.79 Å². The van der Waals surface area contributed by atoms with Crippen molar-refractivity contribution in [3.8, 4) is 0 Å². The summed E-state index contributed by atoms with van der Waals surface area (Å²) in [5, 5.41) is 3.49. The zero-order valence-electron chi connectivity index (χ0n) is 22.0. The van der Waals surface area contributed by atoms with E-state index in [-0.39, 0.29) is 23.8 Å². The van der Waals surface area contributed by atoms with Crippen LogP contribution < -0.4 is 5.32 Å². The van der Waals surface area contributed by atoms with Crippen LogP contribution in [0.3, 0.4) is 0 Å². The molecular weight excluding hydrogens is 444 g/mol. The molecule has 1 N–H and O–H groups in total. The number of rotatable bonds is 8. The average molecular weight is 485 g/mol. The van der Waals surface area contributed by atoms with Gasteiger partial charge in [0.1, 0.15) is 0 Å². The largest absolute Gasteiger partial charge is 0.377 e. The van der Waals surface area contributed by atoms with Crippen molar-refractivity contribution in [3.63, 3.8) is 0 Å². The standard InChI is InChI=1S/C32H40N2O2/c1-5-6-12-28(26-15-13-25(14-16-26)19-23(2)3)24(4)29-20-33-21-30(29)32(35)34-17-18-36-22-31(34)27-10-8-7-9-11-27/h5-16,23,29-31,33H,4,17-22H2,1-3H3/b6-5-,28-12+/t29?,30-,31?/m1/s1.